The average molecular weight is 150 g/mol. The second-order valence-corrected chi connectivity index (χ2v) is 2.44. The zero-order valence-electron chi connectivity index (χ0n) is 6.65. The van der Waals surface area contributed by atoms with Crippen LogP contribution < -0.4 is 0 Å². The zero-order valence-corrected chi connectivity index (χ0v) is 6.65. The van der Waals surface area contributed by atoms with Gasteiger partial charge in [0, 0.05) is 0 Å². The molecule has 11 heavy (non-hydrogen) atoms. The Morgan fingerprint density at radius 3 is 2.73 bits per heavy atom. The first-order valence-electron chi connectivity index (χ1n) is 3.30. The molecule has 1 atom stereocenters. The van der Waals surface area contributed by atoms with Gasteiger partial charge in [0.05, 0.1) is 11.5 Å². The van der Waals surface area contributed by atoms with E-state index in [0.29, 0.717) is 6.42 Å². The van der Waals surface area contributed by atoms with E-state index in [1.807, 2.05) is 6.92 Å². The maximum absolute atomic E-state index is 8.15. The van der Waals surface area contributed by atoms with Crippen LogP contribution in [-0.2, 0) is 0 Å². The molecule has 0 bridgehead atoms. The highest BCUT2D eigenvalue weighted by Gasteiger charge is 2.04. The number of nitrogens with zero attached hydrogens (tertiary/aromatic N) is 4. The SMILES string of the molecule is CC(=C=[N+]=[N-])CC(C)C=[N+]=[N-]. The van der Waals surface area contributed by atoms with Crippen LogP contribution in [0.5, 0.6) is 0 Å². The van der Waals surface area contributed by atoms with E-state index >= 15 is 0 Å². The zero-order chi connectivity index (χ0) is 8.69. The Bertz CT molecular complexity index is 250. The first-order valence-corrected chi connectivity index (χ1v) is 3.30. The molecule has 0 spiro atoms. The van der Waals surface area contributed by atoms with Crippen molar-refractivity contribution < 1.29 is 9.58 Å². The summed E-state index contributed by atoms with van der Waals surface area (Å²) >= 11 is 0. The third-order valence-corrected chi connectivity index (χ3v) is 1.19. The van der Waals surface area contributed by atoms with Gasteiger partial charge in [0.15, 0.2) is 0 Å². The van der Waals surface area contributed by atoms with Crippen LogP contribution >= 0.6 is 0 Å². The molecule has 4 heteroatoms. The molecule has 0 saturated carbocycles. The quantitative estimate of drug-likeness (QED) is 0.329. The van der Waals surface area contributed by atoms with Crippen LogP contribution in [0.15, 0.2) is 5.57 Å². The van der Waals surface area contributed by atoms with Crippen molar-refractivity contribution in [3.8, 4) is 0 Å². The predicted octanol–water partition coefficient (Wildman–Crippen LogP) is 1.16. The molecule has 0 heterocycles. The van der Waals surface area contributed by atoms with Crippen LogP contribution in [-0.4, -0.2) is 21.7 Å². The molecule has 1 unspecified atom stereocenters. The lowest BCUT2D eigenvalue weighted by atomic mass is 10.1. The lowest BCUT2D eigenvalue weighted by Gasteiger charge is -1.93. The van der Waals surface area contributed by atoms with Gasteiger partial charge < -0.3 is 11.1 Å². The molecular weight excluding hydrogens is 140 g/mol. The van der Waals surface area contributed by atoms with Gasteiger partial charge in [-0.25, -0.2) is 0 Å². The topological polar surface area (TPSA) is 72.8 Å². The summed E-state index contributed by atoms with van der Waals surface area (Å²) in [6.07, 6.45) is 2.09. The van der Waals surface area contributed by atoms with Gasteiger partial charge in [-0.3, -0.25) is 0 Å². The number of hydrogen-bond donors (Lipinski definition) is 0. The number of rotatable bonds is 3. The van der Waals surface area contributed by atoms with Crippen molar-refractivity contribution in [3.05, 3.63) is 16.6 Å². The molecule has 0 N–H and O–H groups in total. The summed E-state index contributed by atoms with van der Waals surface area (Å²) in [5, 5.41) is 0. The smallest absolute Gasteiger partial charge is 0.298 e. The lowest BCUT2D eigenvalue weighted by molar-refractivity contribution is -0.00260. The fourth-order valence-electron chi connectivity index (χ4n) is 0.780. The van der Waals surface area contributed by atoms with Gasteiger partial charge in [-0.1, -0.05) is 6.92 Å². The molecular formula is C7H10N4. The van der Waals surface area contributed by atoms with Crippen molar-refractivity contribution >= 4 is 12.1 Å². The predicted molar refractivity (Wildman–Crippen MR) is 41.3 cm³/mol. The maximum Gasteiger partial charge on any atom is 0.298 e. The van der Waals surface area contributed by atoms with E-state index in [-0.39, 0.29) is 5.92 Å². The molecule has 58 valence electrons. The Labute approximate surface area is 65.4 Å². The highest BCUT2D eigenvalue weighted by Crippen LogP contribution is 2.04. The minimum absolute atomic E-state index is 0.134. The van der Waals surface area contributed by atoms with E-state index in [1.165, 1.54) is 6.21 Å². The summed E-state index contributed by atoms with van der Waals surface area (Å²) in [6, 6.07) is 0. The normalized spacial score (nSPS) is 10.4. The van der Waals surface area contributed by atoms with E-state index in [0.717, 1.165) is 5.57 Å². The van der Waals surface area contributed by atoms with E-state index in [9.17, 15) is 0 Å². The van der Waals surface area contributed by atoms with Gasteiger partial charge in [0.2, 0.25) is 0 Å². The van der Waals surface area contributed by atoms with Crippen LogP contribution in [0.2, 0.25) is 0 Å². The number of allylic oxidation sites excluding steroid dienone is 1. The van der Waals surface area contributed by atoms with Crippen LogP contribution in [0.1, 0.15) is 20.3 Å². The van der Waals surface area contributed by atoms with E-state index in [2.05, 4.69) is 15.4 Å². The van der Waals surface area contributed by atoms with Crippen molar-refractivity contribution in [3.63, 3.8) is 0 Å². The first kappa shape index (κ1) is 9.54. The molecule has 0 aromatic rings. The van der Waals surface area contributed by atoms with E-state index in [1.54, 1.807) is 6.92 Å². The van der Waals surface area contributed by atoms with Crippen LogP contribution in [0.4, 0.5) is 0 Å². The Hall–Kier alpha value is -1.46. The van der Waals surface area contributed by atoms with Crippen LogP contribution in [0, 0.1) is 5.92 Å². The van der Waals surface area contributed by atoms with Crippen molar-refractivity contribution in [1.82, 2.24) is 0 Å². The van der Waals surface area contributed by atoms with Gasteiger partial charge in [-0.15, -0.1) is 4.79 Å². The molecule has 0 radical (unpaired) electrons. The fraction of sp³-hybridized carbons (Fsp3) is 0.571. The summed E-state index contributed by atoms with van der Waals surface area (Å²) in [5.41, 5.74) is 17.1. The van der Waals surface area contributed by atoms with Gasteiger partial charge >= 0.3 is 0 Å². The van der Waals surface area contributed by atoms with Gasteiger partial charge in [0.25, 0.3) is 12.1 Å². The van der Waals surface area contributed by atoms with Crippen molar-refractivity contribution in [2.75, 3.05) is 0 Å². The highest BCUT2D eigenvalue weighted by molar-refractivity contribution is 5.57. The molecule has 0 fully saturated rings. The second kappa shape index (κ2) is 5.33. The molecule has 0 rings (SSSR count). The molecule has 0 amide bonds. The van der Waals surface area contributed by atoms with Gasteiger partial charge in [-0.2, -0.15) is 4.79 Å². The summed E-state index contributed by atoms with van der Waals surface area (Å²) in [6.45, 7) is 3.68. The number of hydrogen-bond acceptors (Lipinski definition) is 0. The van der Waals surface area contributed by atoms with Crippen LogP contribution in [0.3, 0.4) is 0 Å². The molecule has 0 saturated heterocycles. The average Bonchev–Trinajstić information content (AvgIpc) is 1.87. The molecule has 0 aliphatic rings. The minimum Gasteiger partial charge on any atom is -0.362 e. The molecule has 4 nitrogen and oxygen atoms in total. The molecule has 0 aliphatic heterocycles. The monoisotopic (exact) mass is 150 g/mol. The van der Waals surface area contributed by atoms with E-state index in [4.69, 9.17) is 11.1 Å². The summed E-state index contributed by atoms with van der Waals surface area (Å²) in [7, 11) is 0. The summed E-state index contributed by atoms with van der Waals surface area (Å²) < 4.78 is 0. The van der Waals surface area contributed by atoms with Crippen LogP contribution in [0.25, 0.3) is 11.1 Å². The molecule has 0 aromatic heterocycles. The van der Waals surface area contributed by atoms with Gasteiger partial charge in [0.1, 0.15) is 0 Å². The Morgan fingerprint density at radius 2 is 2.27 bits per heavy atom. The van der Waals surface area contributed by atoms with Crippen molar-refractivity contribution in [2.24, 2.45) is 5.92 Å². The first-order chi connectivity index (χ1) is 5.20. The minimum atomic E-state index is 0.134. The maximum atomic E-state index is 8.15. The van der Waals surface area contributed by atoms with Crippen molar-refractivity contribution in [2.45, 2.75) is 20.3 Å². The molecule has 0 aromatic carbocycles. The fourth-order valence-corrected chi connectivity index (χ4v) is 0.780. The highest BCUT2D eigenvalue weighted by atomic mass is 14.8. The Kier molecular flexibility index (Phi) is 4.63. The summed E-state index contributed by atoms with van der Waals surface area (Å²) in [5.74, 6) is 2.52. The largest absolute Gasteiger partial charge is 0.362 e. The second-order valence-electron chi connectivity index (χ2n) is 2.44. The Balaban J connectivity index is 4.15. The van der Waals surface area contributed by atoms with Crippen molar-refractivity contribution in [1.29, 1.82) is 0 Å². The Morgan fingerprint density at radius 1 is 1.64 bits per heavy atom. The third kappa shape index (κ3) is 5.01. The third-order valence-electron chi connectivity index (χ3n) is 1.19. The molecule has 0 aliphatic carbocycles. The summed E-state index contributed by atoms with van der Waals surface area (Å²) in [4.78, 5) is 5.64. The standard InChI is InChI=1S/C7H10N4/c1-6(4-10-8)3-7(2)5-11-9/h4,6H,3H2,1-2H3. The lowest BCUT2D eigenvalue weighted by Crippen LogP contribution is -1.97. The van der Waals surface area contributed by atoms with E-state index < -0.39 is 0 Å². The van der Waals surface area contributed by atoms with Gasteiger partial charge in [-0.05, 0) is 13.3 Å².